The number of rotatable bonds is 2. The van der Waals surface area contributed by atoms with E-state index in [0.717, 1.165) is 27.6 Å². The molecule has 1 amide bonds. The van der Waals surface area contributed by atoms with Crippen molar-refractivity contribution in [2.24, 2.45) is 4.99 Å². The van der Waals surface area contributed by atoms with E-state index in [2.05, 4.69) is 0 Å². The number of nitrogens with zero attached hydrogens (tertiary/aromatic N) is 1. The van der Waals surface area contributed by atoms with Gasteiger partial charge in [0.25, 0.3) is 5.91 Å². The van der Waals surface area contributed by atoms with Crippen LogP contribution in [0.1, 0.15) is 20.8 Å². The summed E-state index contributed by atoms with van der Waals surface area (Å²) in [6.45, 7) is 0. The van der Waals surface area contributed by atoms with Crippen LogP contribution in [-0.4, -0.2) is 16.8 Å². The molecule has 2 heterocycles. The fraction of sp³-hybridized carbons (Fsp3) is 0. The van der Waals surface area contributed by atoms with Crippen LogP contribution in [0.15, 0.2) is 65.0 Å². The molecule has 1 aromatic heterocycles. The van der Waals surface area contributed by atoms with Crippen LogP contribution in [0.3, 0.4) is 0 Å². The summed E-state index contributed by atoms with van der Waals surface area (Å²) in [4.78, 5) is 17.2. The number of aliphatic imine (C=N–C) groups is 1. The SMILES string of the molecule is O=C(NO)c1ccc(C2=Nc3ccccc3Oc3ccsc32)cc1. The normalized spacial score (nSPS) is 12.3. The van der Waals surface area contributed by atoms with E-state index in [0.29, 0.717) is 11.3 Å². The van der Waals surface area contributed by atoms with Gasteiger partial charge in [-0.15, -0.1) is 11.3 Å². The Morgan fingerprint density at radius 2 is 1.83 bits per heavy atom. The summed E-state index contributed by atoms with van der Waals surface area (Å²) in [6, 6.07) is 16.4. The third kappa shape index (κ3) is 2.47. The molecule has 0 saturated heterocycles. The number of hydrogen-bond donors (Lipinski definition) is 2. The van der Waals surface area contributed by atoms with Crippen molar-refractivity contribution in [3.8, 4) is 11.5 Å². The molecule has 0 atom stereocenters. The van der Waals surface area contributed by atoms with Crippen molar-refractivity contribution in [1.29, 1.82) is 0 Å². The molecular weight excluding hydrogens is 324 g/mol. The van der Waals surface area contributed by atoms with Gasteiger partial charge in [0, 0.05) is 11.1 Å². The van der Waals surface area contributed by atoms with Crippen LogP contribution >= 0.6 is 11.3 Å². The van der Waals surface area contributed by atoms with Crippen molar-refractivity contribution in [2.45, 2.75) is 0 Å². The number of hydrogen-bond acceptors (Lipinski definition) is 5. The molecule has 2 aromatic carbocycles. The van der Waals surface area contributed by atoms with Gasteiger partial charge in [-0.05, 0) is 35.7 Å². The van der Waals surface area contributed by atoms with Crippen molar-refractivity contribution in [2.75, 3.05) is 0 Å². The molecule has 118 valence electrons. The molecule has 1 aliphatic rings. The average Bonchev–Trinajstić information content (AvgIpc) is 3.02. The number of carbonyl (C=O) groups excluding carboxylic acids is 1. The lowest BCUT2D eigenvalue weighted by Gasteiger charge is -2.06. The summed E-state index contributed by atoms with van der Waals surface area (Å²) < 4.78 is 5.97. The lowest BCUT2D eigenvalue weighted by Crippen LogP contribution is -2.18. The zero-order valence-corrected chi connectivity index (χ0v) is 13.2. The number of fused-ring (bicyclic) bond motifs is 2. The summed E-state index contributed by atoms with van der Waals surface area (Å²) in [5.74, 6) is 0.930. The Morgan fingerprint density at radius 3 is 2.62 bits per heavy atom. The van der Waals surface area contributed by atoms with Crippen LogP contribution in [0.5, 0.6) is 11.5 Å². The first-order chi connectivity index (χ1) is 11.8. The van der Waals surface area contributed by atoms with Gasteiger partial charge in [0.15, 0.2) is 5.75 Å². The number of thiophene rings is 1. The van der Waals surface area contributed by atoms with E-state index in [-0.39, 0.29) is 0 Å². The number of ether oxygens (including phenoxy) is 1. The smallest absolute Gasteiger partial charge is 0.274 e. The molecule has 3 aromatic rings. The van der Waals surface area contributed by atoms with E-state index >= 15 is 0 Å². The molecule has 4 rings (SSSR count). The van der Waals surface area contributed by atoms with Gasteiger partial charge in [0.2, 0.25) is 0 Å². The van der Waals surface area contributed by atoms with E-state index in [1.807, 2.05) is 35.7 Å². The maximum atomic E-state index is 11.5. The highest BCUT2D eigenvalue weighted by Gasteiger charge is 2.20. The molecular formula is C18H12N2O3S. The third-order valence-corrected chi connectivity index (χ3v) is 4.59. The van der Waals surface area contributed by atoms with Gasteiger partial charge < -0.3 is 4.74 Å². The zero-order chi connectivity index (χ0) is 16.5. The topological polar surface area (TPSA) is 70.9 Å². The molecule has 0 radical (unpaired) electrons. The largest absolute Gasteiger partial charge is 0.453 e. The van der Waals surface area contributed by atoms with Crippen LogP contribution in [0, 0.1) is 0 Å². The highest BCUT2D eigenvalue weighted by molar-refractivity contribution is 7.12. The minimum Gasteiger partial charge on any atom is -0.453 e. The van der Waals surface area contributed by atoms with Gasteiger partial charge in [-0.25, -0.2) is 10.5 Å². The Labute approximate surface area is 141 Å². The summed E-state index contributed by atoms with van der Waals surface area (Å²) >= 11 is 1.55. The summed E-state index contributed by atoms with van der Waals surface area (Å²) in [6.07, 6.45) is 0. The number of carbonyl (C=O) groups is 1. The van der Waals surface area contributed by atoms with E-state index < -0.39 is 5.91 Å². The molecule has 0 aliphatic carbocycles. The van der Waals surface area contributed by atoms with Crippen molar-refractivity contribution in [3.63, 3.8) is 0 Å². The van der Waals surface area contributed by atoms with Gasteiger partial charge in [-0.1, -0.05) is 24.3 Å². The van der Waals surface area contributed by atoms with E-state index in [4.69, 9.17) is 14.9 Å². The Hall–Kier alpha value is -2.96. The Bertz CT molecular complexity index is 945. The van der Waals surface area contributed by atoms with E-state index in [1.54, 1.807) is 41.1 Å². The predicted octanol–water partition coefficient (Wildman–Crippen LogP) is 4.14. The Kier molecular flexibility index (Phi) is 3.60. The molecule has 0 fully saturated rings. The van der Waals surface area contributed by atoms with Crippen LogP contribution < -0.4 is 10.2 Å². The second-order valence-electron chi connectivity index (χ2n) is 5.16. The van der Waals surface area contributed by atoms with Crippen LogP contribution in [-0.2, 0) is 0 Å². The fourth-order valence-electron chi connectivity index (χ4n) is 2.52. The van der Waals surface area contributed by atoms with Gasteiger partial charge in [0.1, 0.15) is 11.4 Å². The molecule has 0 saturated carbocycles. The third-order valence-electron chi connectivity index (χ3n) is 3.68. The second kappa shape index (κ2) is 5.92. The maximum Gasteiger partial charge on any atom is 0.274 e. The monoisotopic (exact) mass is 336 g/mol. The molecule has 2 N–H and O–H groups in total. The summed E-state index contributed by atoms with van der Waals surface area (Å²) in [5.41, 5.74) is 4.42. The summed E-state index contributed by atoms with van der Waals surface area (Å²) in [5, 5.41) is 10.7. The first-order valence-corrected chi connectivity index (χ1v) is 8.12. The lowest BCUT2D eigenvalue weighted by atomic mass is 10.1. The number of hydroxylamine groups is 1. The molecule has 1 aliphatic heterocycles. The molecule has 0 unspecified atom stereocenters. The molecule has 0 spiro atoms. The predicted molar refractivity (Wildman–Crippen MR) is 91.8 cm³/mol. The summed E-state index contributed by atoms with van der Waals surface area (Å²) in [7, 11) is 0. The molecule has 24 heavy (non-hydrogen) atoms. The first-order valence-electron chi connectivity index (χ1n) is 7.24. The quantitative estimate of drug-likeness (QED) is 0.427. The van der Waals surface area contributed by atoms with Gasteiger partial charge in [0.05, 0.1) is 10.6 Å². The number of para-hydroxylation sites is 2. The molecule has 6 heteroatoms. The number of nitrogens with one attached hydrogen (secondary N) is 1. The minimum absolute atomic E-state index is 0.374. The van der Waals surface area contributed by atoms with Gasteiger partial charge >= 0.3 is 0 Å². The first kappa shape index (κ1) is 14.6. The average molecular weight is 336 g/mol. The standard InChI is InChI=1S/C18H12N2O3S/c21-18(20-22)12-7-5-11(6-8-12)16-17-15(9-10-24-17)23-14-4-2-1-3-13(14)19-16/h1-10,22H,(H,20,21). The van der Waals surface area contributed by atoms with E-state index in [1.165, 1.54) is 0 Å². The van der Waals surface area contributed by atoms with Gasteiger partial charge in [-0.3, -0.25) is 10.0 Å². The van der Waals surface area contributed by atoms with Crippen LogP contribution in [0.2, 0.25) is 0 Å². The highest BCUT2D eigenvalue weighted by Crippen LogP contribution is 2.40. The van der Waals surface area contributed by atoms with Crippen LogP contribution in [0.25, 0.3) is 0 Å². The van der Waals surface area contributed by atoms with Crippen molar-refractivity contribution in [1.82, 2.24) is 5.48 Å². The van der Waals surface area contributed by atoms with E-state index in [9.17, 15) is 4.79 Å². The minimum atomic E-state index is -0.546. The maximum absolute atomic E-state index is 11.5. The molecule has 5 nitrogen and oxygen atoms in total. The van der Waals surface area contributed by atoms with Crippen molar-refractivity contribution in [3.05, 3.63) is 76.0 Å². The second-order valence-corrected chi connectivity index (χ2v) is 6.08. The Balaban J connectivity index is 1.84. The number of benzene rings is 2. The van der Waals surface area contributed by atoms with Crippen molar-refractivity contribution >= 4 is 28.6 Å². The van der Waals surface area contributed by atoms with Gasteiger partial charge in [-0.2, -0.15) is 0 Å². The highest BCUT2D eigenvalue weighted by atomic mass is 32.1. The van der Waals surface area contributed by atoms with Crippen molar-refractivity contribution < 1.29 is 14.7 Å². The number of amides is 1. The lowest BCUT2D eigenvalue weighted by molar-refractivity contribution is 0.0706. The van der Waals surface area contributed by atoms with Crippen LogP contribution in [0.4, 0.5) is 5.69 Å². The Morgan fingerprint density at radius 1 is 1.04 bits per heavy atom. The zero-order valence-electron chi connectivity index (χ0n) is 12.4. The fourth-order valence-corrected chi connectivity index (χ4v) is 3.34. The molecule has 0 bridgehead atoms.